The number of carbonyl (C=O) groups excluding carboxylic acids is 2. The lowest BCUT2D eigenvalue weighted by Crippen LogP contribution is -2.37. The van der Waals surface area contributed by atoms with Crippen LogP contribution in [0.25, 0.3) is 0 Å². The number of esters is 2. The summed E-state index contributed by atoms with van der Waals surface area (Å²) < 4.78 is 34.4. The molecule has 0 rings (SSSR count). The molecule has 0 radical (unpaired) electrons. The number of hydrogen-bond acceptors (Lipinski definition) is 7. The van der Waals surface area contributed by atoms with Crippen molar-refractivity contribution in [1.82, 2.24) is 0 Å². The Hall–Kier alpha value is -0.990. The first-order valence-electron chi connectivity index (χ1n) is 23.3. The summed E-state index contributed by atoms with van der Waals surface area (Å²) in [6.45, 7) is 4.46. The highest BCUT2D eigenvalue weighted by molar-refractivity contribution is 7.47. The van der Waals surface area contributed by atoms with Crippen LogP contribution in [0, 0.1) is 0 Å². The Morgan fingerprint density at radius 3 is 1.16 bits per heavy atom. The predicted octanol–water partition coefficient (Wildman–Crippen LogP) is 13.2. The molecule has 0 aromatic rings. The van der Waals surface area contributed by atoms with E-state index in [9.17, 15) is 19.0 Å². The Kier molecular flexibility index (Phi) is 37.8. The zero-order valence-electron chi connectivity index (χ0n) is 36.9. The van der Waals surface area contributed by atoms with Gasteiger partial charge in [0.25, 0.3) is 0 Å². The predicted molar refractivity (Wildman–Crippen MR) is 229 cm³/mol. The van der Waals surface area contributed by atoms with E-state index in [2.05, 4.69) is 13.8 Å². The van der Waals surface area contributed by atoms with Gasteiger partial charge in [0.1, 0.15) is 19.8 Å². The fourth-order valence-corrected chi connectivity index (χ4v) is 7.46. The third-order valence-electron chi connectivity index (χ3n) is 10.4. The van der Waals surface area contributed by atoms with Crippen LogP contribution in [0.4, 0.5) is 0 Å². The highest BCUT2D eigenvalue weighted by Crippen LogP contribution is 2.43. The molecule has 0 saturated carbocycles. The fraction of sp³-hybridized carbons (Fsp3) is 0.956. The Bertz CT molecular complexity index is 912. The number of phosphoric acid groups is 1. The maximum atomic E-state index is 12.7. The smallest absolute Gasteiger partial charge is 0.462 e. The summed E-state index contributed by atoms with van der Waals surface area (Å²) in [5, 5.41) is 0. The van der Waals surface area contributed by atoms with Crippen LogP contribution in [0.3, 0.4) is 0 Å². The lowest BCUT2D eigenvalue weighted by atomic mass is 10.0. The fourth-order valence-electron chi connectivity index (χ4n) is 6.72. The van der Waals surface area contributed by atoms with Crippen molar-refractivity contribution in [2.24, 2.45) is 0 Å². The molecule has 1 N–H and O–H groups in total. The van der Waals surface area contributed by atoms with Gasteiger partial charge in [-0.3, -0.25) is 18.6 Å². The van der Waals surface area contributed by atoms with Gasteiger partial charge in [0, 0.05) is 12.8 Å². The lowest BCUT2D eigenvalue weighted by Gasteiger charge is -2.24. The number of quaternary nitrogens is 1. The average molecular weight is 805 g/mol. The monoisotopic (exact) mass is 805 g/mol. The van der Waals surface area contributed by atoms with Crippen LogP contribution in [0.1, 0.15) is 226 Å². The molecule has 9 nitrogen and oxygen atoms in total. The Morgan fingerprint density at radius 2 is 0.818 bits per heavy atom. The van der Waals surface area contributed by atoms with Gasteiger partial charge in [-0.15, -0.1) is 0 Å². The maximum Gasteiger partial charge on any atom is 0.472 e. The molecule has 0 aliphatic rings. The third kappa shape index (κ3) is 42.4. The van der Waals surface area contributed by atoms with Crippen LogP contribution in [-0.2, 0) is 32.7 Å². The first kappa shape index (κ1) is 54.0. The second kappa shape index (κ2) is 38.5. The molecule has 2 unspecified atom stereocenters. The number of carbonyl (C=O) groups is 2. The van der Waals surface area contributed by atoms with Crippen LogP contribution in [0.5, 0.6) is 0 Å². The van der Waals surface area contributed by atoms with Crippen molar-refractivity contribution in [3.63, 3.8) is 0 Å². The molecule has 2 atom stereocenters. The van der Waals surface area contributed by atoms with E-state index in [1.54, 1.807) is 0 Å². The molecule has 0 saturated heterocycles. The van der Waals surface area contributed by atoms with E-state index in [0.29, 0.717) is 17.4 Å². The van der Waals surface area contributed by atoms with Gasteiger partial charge in [0.05, 0.1) is 27.7 Å². The van der Waals surface area contributed by atoms with E-state index in [1.165, 1.54) is 161 Å². The summed E-state index contributed by atoms with van der Waals surface area (Å²) >= 11 is 0. The van der Waals surface area contributed by atoms with Crippen LogP contribution < -0.4 is 0 Å². The summed E-state index contributed by atoms with van der Waals surface area (Å²) in [4.78, 5) is 35.4. The molecule has 0 spiro atoms. The van der Waals surface area contributed by atoms with E-state index in [1.807, 2.05) is 21.1 Å². The zero-order chi connectivity index (χ0) is 40.7. The van der Waals surface area contributed by atoms with Crippen molar-refractivity contribution in [1.29, 1.82) is 0 Å². The van der Waals surface area contributed by atoms with E-state index in [-0.39, 0.29) is 25.6 Å². The normalized spacial score (nSPS) is 13.5. The molecule has 0 aliphatic heterocycles. The number of phosphoric ester groups is 1. The molecule has 0 bridgehead atoms. The summed E-state index contributed by atoms with van der Waals surface area (Å²) in [5.41, 5.74) is 0. The van der Waals surface area contributed by atoms with Crippen LogP contribution in [-0.4, -0.2) is 74.9 Å². The van der Waals surface area contributed by atoms with Gasteiger partial charge < -0.3 is 18.9 Å². The van der Waals surface area contributed by atoms with Gasteiger partial charge in [-0.2, -0.15) is 0 Å². The Morgan fingerprint density at radius 1 is 0.491 bits per heavy atom. The second-order valence-corrected chi connectivity index (χ2v) is 18.6. The van der Waals surface area contributed by atoms with Crippen molar-refractivity contribution in [3.05, 3.63) is 0 Å². The van der Waals surface area contributed by atoms with Gasteiger partial charge in [-0.05, 0) is 12.8 Å². The van der Waals surface area contributed by atoms with Gasteiger partial charge >= 0.3 is 19.8 Å². The first-order chi connectivity index (χ1) is 26.5. The molecule has 0 heterocycles. The quantitative estimate of drug-likeness (QED) is 0.0281. The topological polar surface area (TPSA) is 108 Å². The van der Waals surface area contributed by atoms with Gasteiger partial charge in [-0.1, -0.05) is 200 Å². The van der Waals surface area contributed by atoms with Gasteiger partial charge in [0.15, 0.2) is 6.10 Å². The average Bonchev–Trinajstić information content (AvgIpc) is 3.13. The standard InChI is InChI=1S/C45H90NO8P/c1-6-8-10-12-14-16-18-20-21-22-23-24-26-28-30-32-34-36-38-45(48)54-43(42-53-55(49,50)52-40-39-46(3,4)5)41-51-44(47)37-35-33-31-29-27-25-19-17-15-13-11-9-7-2/h43H,6-42H2,1-5H3/p+1. The number of likely N-dealkylation sites (N-methyl/N-ethyl adjacent to an activating group) is 1. The second-order valence-electron chi connectivity index (χ2n) is 17.2. The Labute approximate surface area is 340 Å². The van der Waals surface area contributed by atoms with Crippen molar-refractivity contribution in [3.8, 4) is 0 Å². The highest BCUT2D eigenvalue weighted by Gasteiger charge is 2.27. The van der Waals surface area contributed by atoms with Crippen LogP contribution in [0.15, 0.2) is 0 Å². The molecular formula is C45H91NO8P+. The van der Waals surface area contributed by atoms with Crippen LogP contribution in [0.2, 0.25) is 0 Å². The van der Waals surface area contributed by atoms with Crippen molar-refractivity contribution < 1.29 is 42.1 Å². The van der Waals surface area contributed by atoms with E-state index < -0.39 is 26.5 Å². The van der Waals surface area contributed by atoms with E-state index in [0.717, 1.165) is 38.5 Å². The van der Waals surface area contributed by atoms with E-state index >= 15 is 0 Å². The number of nitrogens with zero attached hydrogens (tertiary/aromatic N) is 1. The molecule has 328 valence electrons. The minimum absolute atomic E-state index is 0.0369. The molecule has 0 aliphatic carbocycles. The molecule has 0 aromatic heterocycles. The number of hydrogen-bond donors (Lipinski definition) is 1. The number of ether oxygens (including phenoxy) is 2. The SMILES string of the molecule is CCCCCCCCCCCCCCCCCCCCC(=O)OC(COC(=O)CCCCCCCCCCCCCCC)COP(=O)(O)OCC[N+](C)(C)C. The molecule has 0 amide bonds. The zero-order valence-corrected chi connectivity index (χ0v) is 37.8. The highest BCUT2D eigenvalue weighted by atomic mass is 31.2. The largest absolute Gasteiger partial charge is 0.472 e. The summed E-state index contributed by atoms with van der Waals surface area (Å²) in [6, 6.07) is 0. The molecule has 10 heteroatoms. The lowest BCUT2D eigenvalue weighted by molar-refractivity contribution is -0.870. The minimum atomic E-state index is -4.37. The Balaban J connectivity index is 4.26. The van der Waals surface area contributed by atoms with Gasteiger partial charge in [-0.25, -0.2) is 4.57 Å². The van der Waals surface area contributed by atoms with Gasteiger partial charge in [0.2, 0.25) is 0 Å². The third-order valence-corrected chi connectivity index (χ3v) is 11.4. The molecular weight excluding hydrogens is 713 g/mol. The summed E-state index contributed by atoms with van der Waals surface area (Å²) in [7, 11) is 1.49. The summed E-state index contributed by atoms with van der Waals surface area (Å²) in [5.74, 6) is -0.782. The minimum Gasteiger partial charge on any atom is -0.462 e. The number of rotatable bonds is 43. The van der Waals surface area contributed by atoms with Crippen molar-refractivity contribution in [2.45, 2.75) is 232 Å². The molecule has 0 aromatic carbocycles. The summed E-state index contributed by atoms with van der Waals surface area (Å²) in [6.07, 6.45) is 38.6. The number of unbranched alkanes of at least 4 members (excludes halogenated alkanes) is 29. The molecule has 0 fully saturated rings. The van der Waals surface area contributed by atoms with Crippen molar-refractivity contribution >= 4 is 19.8 Å². The maximum absolute atomic E-state index is 12.7. The van der Waals surface area contributed by atoms with Crippen LogP contribution >= 0.6 is 7.82 Å². The molecule has 55 heavy (non-hydrogen) atoms. The van der Waals surface area contributed by atoms with E-state index in [4.69, 9.17) is 18.5 Å². The van der Waals surface area contributed by atoms with Crippen molar-refractivity contribution in [2.75, 3.05) is 47.5 Å². The first-order valence-corrected chi connectivity index (χ1v) is 24.8.